The molecule has 0 spiro atoms. The van der Waals surface area contributed by atoms with Crippen molar-refractivity contribution in [1.82, 2.24) is 14.6 Å². The lowest BCUT2D eigenvalue weighted by atomic mass is 10.3. The van der Waals surface area contributed by atoms with Gasteiger partial charge in [0.1, 0.15) is 5.69 Å². The number of carbonyl (C=O) groups is 1. The third-order valence-electron chi connectivity index (χ3n) is 1.95. The summed E-state index contributed by atoms with van der Waals surface area (Å²) in [7, 11) is 0. The number of fused-ring (bicyclic) bond motifs is 1. The molecule has 2 rings (SSSR count). The van der Waals surface area contributed by atoms with Gasteiger partial charge in [0.25, 0.3) is 5.91 Å². The number of nitrogens with two attached hydrogens (primary N) is 1. The first kappa shape index (κ1) is 11.3. The molecule has 0 saturated heterocycles. The van der Waals surface area contributed by atoms with E-state index in [2.05, 4.69) is 10.1 Å². The molecule has 9 heteroatoms. The molecule has 2 aromatic heterocycles. The number of halogens is 4. The largest absolute Gasteiger partial charge is 0.433 e. The number of alkyl halides is 3. The Balaban J connectivity index is 2.70. The van der Waals surface area contributed by atoms with Crippen LogP contribution in [0.3, 0.4) is 0 Å². The van der Waals surface area contributed by atoms with Gasteiger partial charge in [-0.1, -0.05) is 0 Å². The fourth-order valence-electron chi connectivity index (χ4n) is 1.22. The van der Waals surface area contributed by atoms with Gasteiger partial charge in [-0.15, -0.1) is 0 Å². The van der Waals surface area contributed by atoms with Crippen LogP contribution >= 0.6 is 0 Å². The minimum absolute atomic E-state index is 0.615. The number of aromatic nitrogens is 3. The number of nitrogens with zero attached hydrogens (tertiary/aromatic N) is 3. The van der Waals surface area contributed by atoms with Gasteiger partial charge in [0.15, 0.2) is 11.3 Å². The molecule has 90 valence electrons. The summed E-state index contributed by atoms with van der Waals surface area (Å²) in [5.41, 5.74) is 2.07. The van der Waals surface area contributed by atoms with E-state index >= 15 is 0 Å². The van der Waals surface area contributed by atoms with E-state index in [-0.39, 0.29) is 0 Å². The smallest absolute Gasteiger partial charge is 0.364 e. The number of hydrogen-bond donors (Lipinski definition) is 1. The predicted molar refractivity (Wildman–Crippen MR) is 46.5 cm³/mol. The Kier molecular flexibility index (Phi) is 2.26. The van der Waals surface area contributed by atoms with Crippen LogP contribution in [0.15, 0.2) is 12.3 Å². The Morgan fingerprint density at radius 3 is 2.59 bits per heavy atom. The van der Waals surface area contributed by atoms with E-state index in [1.165, 1.54) is 0 Å². The first-order valence-corrected chi connectivity index (χ1v) is 4.22. The number of primary amides is 1. The molecular weight excluding hydrogens is 244 g/mol. The van der Waals surface area contributed by atoms with Gasteiger partial charge in [-0.3, -0.25) is 4.79 Å². The van der Waals surface area contributed by atoms with Crippen LogP contribution in [0.25, 0.3) is 5.65 Å². The maximum atomic E-state index is 13.4. The number of amides is 1. The van der Waals surface area contributed by atoms with Crippen LogP contribution in [0.2, 0.25) is 0 Å². The Morgan fingerprint density at radius 2 is 2.06 bits per heavy atom. The zero-order valence-electron chi connectivity index (χ0n) is 7.99. The molecule has 2 heterocycles. The van der Waals surface area contributed by atoms with E-state index in [9.17, 15) is 22.4 Å². The number of carbonyl (C=O) groups excluding carboxylic acids is 1. The van der Waals surface area contributed by atoms with Crippen molar-refractivity contribution in [1.29, 1.82) is 0 Å². The fraction of sp³-hybridized carbons (Fsp3) is 0.125. The second-order valence-electron chi connectivity index (χ2n) is 3.11. The maximum absolute atomic E-state index is 13.4. The molecule has 2 N–H and O–H groups in total. The van der Waals surface area contributed by atoms with Gasteiger partial charge in [0.2, 0.25) is 5.82 Å². The Labute approximate surface area is 90.9 Å². The van der Waals surface area contributed by atoms with Crippen LogP contribution < -0.4 is 5.73 Å². The zero-order chi connectivity index (χ0) is 12.8. The molecule has 1 amide bonds. The summed E-state index contributed by atoms with van der Waals surface area (Å²) in [4.78, 5) is 13.8. The van der Waals surface area contributed by atoms with Crippen LogP contribution in [-0.2, 0) is 6.18 Å². The minimum atomic E-state index is -4.70. The standard InChI is InChI=1S/C8H4F4N4O/c9-4-5(6(13)17)15-16-2-1-3(8(10,11)12)14-7(4)16/h1-2H,(H2,13,17). The SMILES string of the molecule is NC(=O)c1nn2ccc(C(F)(F)F)nc2c1F. The first-order valence-electron chi connectivity index (χ1n) is 4.22. The third kappa shape index (κ3) is 1.79. The molecule has 0 aromatic carbocycles. The quantitative estimate of drug-likeness (QED) is 0.764. The molecule has 5 nitrogen and oxygen atoms in total. The van der Waals surface area contributed by atoms with Crippen molar-refractivity contribution in [3.05, 3.63) is 29.5 Å². The summed E-state index contributed by atoms with van der Waals surface area (Å²) < 4.78 is 51.1. The predicted octanol–water partition coefficient (Wildman–Crippen LogP) is 0.986. The topological polar surface area (TPSA) is 73.3 Å². The second-order valence-corrected chi connectivity index (χ2v) is 3.11. The third-order valence-corrected chi connectivity index (χ3v) is 1.95. The molecule has 0 aliphatic rings. The Morgan fingerprint density at radius 1 is 1.41 bits per heavy atom. The van der Waals surface area contributed by atoms with Gasteiger partial charge < -0.3 is 5.73 Å². The molecule has 0 aliphatic heterocycles. The van der Waals surface area contributed by atoms with Crippen molar-refractivity contribution in [2.45, 2.75) is 6.18 Å². The molecule has 0 unspecified atom stereocenters. The summed E-state index contributed by atoms with van der Waals surface area (Å²) in [5.74, 6) is -2.45. The lowest BCUT2D eigenvalue weighted by Crippen LogP contribution is -2.13. The average Bonchev–Trinajstić information content (AvgIpc) is 2.54. The summed E-state index contributed by atoms with van der Waals surface area (Å²) in [5, 5.41) is 3.37. The molecule has 17 heavy (non-hydrogen) atoms. The van der Waals surface area contributed by atoms with Crippen molar-refractivity contribution in [2.75, 3.05) is 0 Å². The molecule has 2 aromatic rings. The Hall–Kier alpha value is -2.19. The minimum Gasteiger partial charge on any atom is -0.364 e. The second kappa shape index (κ2) is 3.40. The van der Waals surface area contributed by atoms with Gasteiger partial charge in [-0.05, 0) is 6.07 Å². The maximum Gasteiger partial charge on any atom is 0.433 e. The van der Waals surface area contributed by atoms with E-state index in [1.807, 2.05) is 0 Å². The van der Waals surface area contributed by atoms with E-state index in [4.69, 9.17) is 5.73 Å². The highest BCUT2D eigenvalue weighted by Gasteiger charge is 2.33. The zero-order valence-corrected chi connectivity index (χ0v) is 7.99. The van der Waals surface area contributed by atoms with E-state index in [1.54, 1.807) is 0 Å². The fourth-order valence-corrected chi connectivity index (χ4v) is 1.22. The summed E-state index contributed by atoms with van der Waals surface area (Å²) in [6.45, 7) is 0. The van der Waals surface area contributed by atoms with Crippen LogP contribution in [0.4, 0.5) is 17.6 Å². The van der Waals surface area contributed by atoms with Crippen molar-refractivity contribution in [2.24, 2.45) is 5.73 Å². The van der Waals surface area contributed by atoms with Crippen LogP contribution in [0.1, 0.15) is 16.2 Å². The van der Waals surface area contributed by atoms with Crippen molar-refractivity contribution in [3.8, 4) is 0 Å². The first-order chi connectivity index (χ1) is 7.80. The molecular formula is C8H4F4N4O. The van der Waals surface area contributed by atoms with Gasteiger partial charge in [-0.2, -0.15) is 18.3 Å². The molecule has 0 bridgehead atoms. The van der Waals surface area contributed by atoms with Crippen LogP contribution in [-0.4, -0.2) is 20.5 Å². The monoisotopic (exact) mass is 248 g/mol. The molecule has 0 saturated carbocycles. The molecule has 0 fully saturated rings. The normalized spacial score (nSPS) is 12.0. The number of hydrogen-bond acceptors (Lipinski definition) is 3. The van der Waals surface area contributed by atoms with E-state index in [0.717, 1.165) is 6.20 Å². The molecule has 0 aliphatic carbocycles. The highest BCUT2D eigenvalue weighted by molar-refractivity contribution is 5.92. The van der Waals surface area contributed by atoms with Crippen molar-refractivity contribution < 1.29 is 22.4 Å². The van der Waals surface area contributed by atoms with Gasteiger partial charge in [-0.25, -0.2) is 13.9 Å². The summed E-state index contributed by atoms with van der Waals surface area (Å²) >= 11 is 0. The van der Waals surface area contributed by atoms with Gasteiger partial charge >= 0.3 is 6.18 Å². The lowest BCUT2D eigenvalue weighted by molar-refractivity contribution is -0.141. The van der Waals surface area contributed by atoms with Crippen LogP contribution in [0.5, 0.6) is 0 Å². The van der Waals surface area contributed by atoms with E-state index in [0.29, 0.717) is 10.6 Å². The summed E-state index contributed by atoms with van der Waals surface area (Å²) in [6.07, 6.45) is -3.86. The summed E-state index contributed by atoms with van der Waals surface area (Å²) in [6, 6.07) is 0.615. The van der Waals surface area contributed by atoms with Crippen molar-refractivity contribution >= 4 is 11.6 Å². The van der Waals surface area contributed by atoms with Crippen LogP contribution in [0, 0.1) is 5.82 Å². The molecule has 0 radical (unpaired) electrons. The molecule has 0 atom stereocenters. The highest BCUT2D eigenvalue weighted by atomic mass is 19.4. The van der Waals surface area contributed by atoms with Crippen molar-refractivity contribution in [3.63, 3.8) is 0 Å². The van der Waals surface area contributed by atoms with Gasteiger partial charge in [0.05, 0.1) is 0 Å². The van der Waals surface area contributed by atoms with Gasteiger partial charge in [0, 0.05) is 6.20 Å². The number of rotatable bonds is 1. The average molecular weight is 248 g/mol. The Bertz CT molecular complexity index is 603. The van der Waals surface area contributed by atoms with E-state index < -0.39 is 34.9 Å². The highest BCUT2D eigenvalue weighted by Crippen LogP contribution is 2.28. The lowest BCUT2D eigenvalue weighted by Gasteiger charge is -2.04.